The minimum Gasteiger partial charge on any atom is -0.465 e. The molecule has 82 valence electrons. The van der Waals surface area contributed by atoms with Gasteiger partial charge in [0.25, 0.3) is 0 Å². The monoisotopic (exact) mass is 207 g/mol. The molecule has 15 heavy (non-hydrogen) atoms. The maximum absolute atomic E-state index is 11.3. The highest BCUT2D eigenvalue weighted by Gasteiger charge is 2.05. The first-order valence-electron chi connectivity index (χ1n) is 5.08. The van der Waals surface area contributed by atoms with Crippen molar-refractivity contribution in [2.24, 2.45) is 5.92 Å². The first-order valence-corrected chi connectivity index (χ1v) is 5.08. The van der Waals surface area contributed by atoms with Crippen LogP contribution in [0.1, 0.15) is 19.4 Å². The molecule has 0 heterocycles. The first kappa shape index (κ1) is 11.6. The lowest BCUT2D eigenvalue weighted by atomic mass is 10.1. The Balaban J connectivity index is 2.41. The summed E-state index contributed by atoms with van der Waals surface area (Å²) in [6, 6.07) is 7.24. The van der Waals surface area contributed by atoms with Gasteiger partial charge in [0.1, 0.15) is 0 Å². The Kier molecular flexibility index (Phi) is 4.16. The van der Waals surface area contributed by atoms with Crippen molar-refractivity contribution in [2.45, 2.75) is 20.3 Å². The largest absolute Gasteiger partial charge is 0.465 e. The fourth-order valence-corrected chi connectivity index (χ4v) is 1.11. The normalized spacial score (nSPS) is 10.3. The average Bonchev–Trinajstić information content (AvgIpc) is 2.19. The molecule has 0 aliphatic carbocycles. The number of hydrogen-bond acceptors (Lipinski definition) is 3. The summed E-state index contributed by atoms with van der Waals surface area (Å²) in [5, 5.41) is 0. The highest BCUT2D eigenvalue weighted by atomic mass is 16.5. The maximum Gasteiger partial charge on any atom is 0.310 e. The van der Waals surface area contributed by atoms with Crippen LogP contribution in [0.3, 0.4) is 0 Å². The Hall–Kier alpha value is -1.51. The Bertz CT molecular complexity index is 317. The molecule has 3 nitrogen and oxygen atoms in total. The molecule has 0 radical (unpaired) electrons. The summed E-state index contributed by atoms with van der Waals surface area (Å²) in [6.45, 7) is 4.50. The molecule has 0 fully saturated rings. The predicted molar refractivity (Wildman–Crippen MR) is 60.4 cm³/mol. The van der Waals surface area contributed by atoms with Crippen molar-refractivity contribution in [2.75, 3.05) is 12.3 Å². The van der Waals surface area contributed by atoms with Gasteiger partial charge in [-0.2, -0.15) is 0 Å². The summed E-state index contributed by atoms with van der Waals surface area (Å²) in [7, 11) is 0. The maximum atomic E-state index is 11.3. The number of rotatable bonds is 4. The van der Waals surface area contributed by atoms with Crippen LogP contribution in [0, 0.1) is 5.92 Å². The summed E-state index contributed by atoms with van der Waals surface area (Å²) in [6.07, 6.45) is 0.312. The first-order chi connectivity index (χ1) is 7.08. The van der Waals surface area contributed by atoms with E-state index in [1.54, 1.807) is 12.1 Å². The van der Waals surface area contributed by atoms with Gasteiger partial charge >= 0.3 is 5.97 Å². The molecular formula is C12H17NO2. The van der Waals surface area contributed by atoms with Crippen LogP contribution in [0.15, 0.2) is 24.3 Å². The molecule has 2 N–H and O–H groups in total. The van der Waals surface area contributed by atoms with E-state index in [-0.39, 0.29) is 5.97 Å². The Morgan fingerprint density at radius 2 is 1.93 bits per heavy atom. The topological polar surface area (TPSA) is 52.3 Å². The van der Waals surface area contributed by atoms with E-state index in [4.69, 9.17) is 10.5 Å². The SMILES string of the molecule is CC(C)COC(=O)Cc1ccc(N)cc1. The minimum absolute atomic E-state index is 0.187. The molecule has 1 rings (SSSR count). The molecule has 0 saturated heterocycles. The molecule has 3 heteroatoms. The van der Waals surface area contributed by atoms with Crippen LogP contribution in [-0.4, -0.2) is 12.6 Å². The fourth-order valence-electron chi connectivity index (χ4n) is 1.11. The zero-order valence-electron chi connectivity index (χ0n) is 9.19. The molecule has 0 aromatic heterocycles. The van der Waals surface area contributed by atoms with E-state index >= 15 is 0 Å². The third-order valence-electron chi connectivity index (χ3n) is 1.91. The molecule has 1 aromatic rings. The van der Waals surface area contributed by atoms with Gasteiger partial charge in [-0.3, -0.25) is 4.79 Å². The Morgan fingerprint density at radius 1 is 1.33 bits per heavy atom. The van der Waals surface area contributed by atoms with Crippen molar-refractivity contribution in [3.63, 3.8) is 0 Å². The summed E-state index contributed by atoms with van der Waals surface area (Å²) >= 11 is 0. The number of nitrogens with two attached hydrogens (primary N) is 1. The number of carbonyl (C=O) groups excluding carboxylic acids is 1. The van der Waals surface area contributed by atoms with Gasteiger partial charge < -0.3 is 10.5 Å². The van der Waals surface area contributed by atoms with Gasteiger partial charge in [0.15, 0.2) is 0 Å². The van der Waals surface area contributed by atoms with Crippen LogP contribution in [-0.2, 0) is 16.0 Å². The molecule has 0 aliphatic heterocycles. The van der Waals surface area contributed by atoms with Crippen LogP contribution in [0.5, 0.6) is 0 Å². The van der Waals surface area contributed by atoms with Crippen molar-refractivity contribution in [1.29, 1.82) is 0 Å². The summed E-state index contributed by atoms with van der Waals surface area (Å²) in [4.78, 5) is 11.3. The second kappa shape index (κ2) is 5.39. The van der Waals surface area contributed by atoms with E-state index in [1.807, 2.05) is 26.0 Å². The number of nitrogen functional groups attached to an aromatic ring is 1. The van der Waals surface area contributed by atoms with E-state index in [1.165, 1.54) is 0 Å². The predicted octanol–water partition coefficient (Wildman–Crippen LogP) is 2.01. The summed E-state index contributed by atoms with van der Waals surface area (Å²) < 4.78 is 5.07. The van der Waals surface area contributed by atoms with E-state index in [2.05, 4.69) is 0 Å². The van der Waals surface area contributed by atoms with E-state index < -0.39 is 0 Å². The molecule has 0 bridgehead atoms. The number of esters is 1. The third kappa shape index (κ3) is 4.49. The molecule has 0 atom stereocenters. The highest BCUT2D eigenvalue weighted by molar-refractivity contribution is 5.72. The number of carbonyl (C=O) groups is 1. The molecule has 0 amide bonds. The fraction of sp³-hybridized carbons (Fsp3) is 0.417. The minimum atomic E-state index is -0.187. The van der Waals surface area contributed by atoms with Gasteiger partial charge in [0.2, 0.25) is 0 Å². The number of benzene rings is 1. The molecular weight excluding hydrogens is 190 g/mol. The van der Waals surface area contributed by atoms with E-state index in [9.17, 15) is 4.79 Å². The van der Waals surface area contributed by atoms with Crippen molar-refractivity contribution in [3.05, 3.63) is 29.8 Å². The Morgan fingerprint density at radius 3 is 2.47 bits per heavy atom. The van der Waals surface area contributed by atoms with Gasteiger partial charge in [0, 0.05) is 5.69 Å². The third-order valence-corrected chi connectivity index (χ3v) is 1.91. The lowest BCUT2D eigenvalue weighted by Gasteiger charge is -2.07. The second-order valence-electron chi connectivity index (χ2n) is 4.00. The lowest BCUT2D eigenvalue weighted by molar-refractivity contribution is -0.143. The number of ether oxygens (including phenoxy) is 1. The molecule has 0 unspecified atom stereocenters. The zero-order chi connectivity index (χ0) is 11.3. The van der Waals surface area contributed by atoms with Crippen LogP contribution < -0.4 is 5.73 Å². The van der Waals surface area contributed by atoms with Crippen molar-refractivity contribution in [1.82, 2.24) is 0 Å². The van der Waals surface area contributed by atoms with Crippen molar-refractivity contribution >= 4 is 11.7 Å². The van der Waals surface area contributed by atoms with Gasteiger partial charge in [-0.1, -0.05) is 26.0 Å². The number of hydrogen-bond donors (Lipinski definition) is 1. The second-order valence-corrected chi connectivity index (χ2v) is 4.00. The molecule has 1 aromatic carbocycles. The standard InChI is InChI=1S/C12H17NO2/c1-9(2)8-15-12(14)7-10-3-5-11(13)6-4-10/h3-6,9H,7-8,13H2,1-2H3. The quantitative estimate of drug-likeness (QED) is 0.607. The molecule has 0 aliphatic rings. The highest BCUT2D eigenvalue weighted by Crippen LogP contribution is 2.07. The molecule has 0 saturated carbocycles. The van der Waals surface area contributed by atoms with Gasteiger partial charge in [-0.05, 0) is 23.6 Å². The number of anilines is 1. The zero-order valence-corrected chi connectivity index (χ0v) is 9.19. The van der Waals surface area contributed by atoms with Gasteiger partial charge in [0.05, 0.1) is 13.0 Å². The average molecular weight is 207 g/mol. The van der Waals surface area contributed by atoms with Crippen LogP contribution in [0.4, 0.5) is 5.69 Å². The van der Waals surface area contributed by atoms with Gasteiger partial charge in [-0.15, -0.1) is 0 Å². The Labute approximate surface area is 90.2 Å². The molecule has 0 spiro atoms. The van der Waals surface area contributed by atoms with Crippen molar-refractivity contribution < 1.29 is 9.53 Å². The van der Waals surface area contributed by atoms with E-state index in [0.29, 0.717) is 24.6 Å². The van der Waals surface area contributed by atoms with Crippen molar-refractivity contribution in [3.8, 4) is 0 Å². The summed E-state index contributed by atoms with van der Waals surface area (Å²) in [5.41, 5.74) is 7.17. The van der Waals surface area contributed by atoms with Crippen LogP contribution in [0.2, 0.25) is 0 Å². The summed E-state index contributed by atoms with van der Waals surface area (Å²) in [5.74, 6) is 0.189. The van der Waals surface area contributed by atoms with E-state index in [0.717, 1.165) is 5.56 Å². The van der Waals surface area contributed by atoms with Crippen LogP contribution >= 0.6 is 0 Å². The lowest BCUT2D eigenvalue weighted by Crippen LogP contribution is -2.12. The smallest absolute Gasteiger partial charge is 0.310 e. The van der Waals surface area contributed by atoms with Gasteiger partial charge in [-0.25, -0.2) is 0 Å². The van der Waals surface area contributed by atoms with Crippen LogP contribution in [0.25, 0.3) is 0 Å².